The van der Waals surface area contributed by atoms with Gasteiger partial charge in [-0.1, -0.05) is 67.8 Å². The van der Waals surface area contributed by atoms with Gasteiger partial charge in [-0.2, -0.15) is 0 Å². The van der Waals surface area contributed by atoms with Gasteiger partial charge in [0.05, 0.1) is 0 Å². The molecular weight excluding hydrogens is 290 g/mol. The van der Waals surface area contributed by atoms with E-state index >= 15 is 0 Å². The zero-order chi connectivity index (χ0) is 13.2. The predicted molar refractivity (Wildman–Crippen MR) is 81.1 cm³/mol. The lowest BCUT2D eigenvalue weighted by atomic mass is 9.95. The average molecular weight is 318 g/mol. The Hall–Kier alpha value is -0.0500. The van der Waals surface area contributed by atoms with Gasteiger partial charge in [0.15, 0.2) is 0 Å². The zero-order valence-electron chi connectivity index (χ0n) is 11.7. The Morgan fingerprint density at radius 3 is 2.50 bits per heavy atom. The van der Waals surface area contributed by atoms with Gasteiger partial charge < -0.3 is 5.32 Å². The second-order valence-corrected chi connectivity index (χ2v) is 6.67. The van der Waals surface area contributed by atoms with Gasteiger partial charge in [0.1, 0.15) is 0 Å². The second-order valence-electron chi connectivity index (χ2n) is 5.49. The molecule has 1 amide bonds. The summed E-state index contributed by atoms with van der Waals surface area (Å²) in [5.41, 5.74) is 0. The van der Waals surface area contributed by atoms with Gasteiger partial charge in [-0.15, -0.1) is 0 Å². The van der Waals surface area contributed by atoms with Gasteiger partial charge in [0, 0.05) is 17.3 Å². The van der Waals surface area contributed by atoms with E-state index in [0.29, 0.717) is 17.3 Å². The van der Waals surface area contributed by atoms with Crippen molar-refractivity contribution in [3.8, 4) is 0 Å². The molecule has 2 atom stereocenters. The summed E-state index contributed by atoms with van der Waals surface area (Å²) in [4.78, 5) is 12.3. The number of unbranched alkanes of at least 4 members (excludes halogenated alkanes) is 5. The number of amides is 1. The van der Waals surface area contributed by atoms with Crippen LogP contribution >= 0.6 is 15.9 Å². The molecule has 1 fully saturated rings. The smallest absolute Gasteiger partial charge is 0.220 e. The highest BCUT2D eigenvalue weighted by atomic mass is 79.9. The Kier molecular flexibility index (Phi) is 8.74. The molecule has 0 radical (unpaired) electrons. The van der Waals surface area contributed by atoms with Crippen molar-refractivity contribution in [3.05, 3.63) is 0 Å². The third kappa shape index (κ3) is 6.77. The lowest BCUT2D eigenvalue weighted by molar-refractivity contribution is -0.122. The maximum Gasteiger partial charge on any atom is 0.220 e. The van der Waals surface area contributed by atoms with Crippen LogP contribution in [-0.2, 0) is 4.79 Å². The molecule has 0 aliphatic heterocycles. The molecule has 1 saturated carbocycles. The molecule has 0 spiro atoms. The molecule has 3 heteroatoms. The van der Waals surface area contributed by atoms with Crippen LogP contribution in [0.15, 0.2) is 0 Å². The van der Waals surface area contributed by atoms with Crippen LogP contribution in [0.1, 0.15) is 77.6 Å². The van der Waals surface area contributed by atoms with E-state index in [1.807, 2.05) is 0 Å². The molecule has 1 rings (SSSR count). The van der Waals surface area contributed by atoms with Crippen molar-refractivity contribution >= 4 is 21.8 Å². The topological polar surface area (TPSA) is 29.1 Å². The number of halogens is 1. The fourth-order valence-electron chi connectivity index (χ4n) is 2.59. The van der Waals surface area contributed by atoms with E-state index < -0.39 is 0 Å². The molecule has 2 unspecified atom stereocenters. The zero-order valence-corrected chi connectivity index (χ0v) is 13.3. The summed E-state index contributed by atoms with van der Waals surface area (Å²) < 4.78 is 0. The van der Waals surface area contributed by atoms with Gasteiger partial charge in [-0.25, -0.2) is 0 Å². The summed E-state index contributed by atoms with van der Waals surface area (Å²) in [6, 6.07) is 0.367. The number of rotatable bonds is 8. The van der Waals surface area contributed by atoms with E-state index in [2.05, 4.69) is 28.2 Å². The molecule has 0 aromatic rings. The minimum Gasteiger partial charge on any atom is -0.352 e. The molecule has 0 aromatic heterocycles. The maximum atomic E-state index is 11.8. The molecular formula is C15H28BrNO. The number of hydrogen-bond acceptors (Lipinski definition) is 1. The summed E-state index contributed by atoms with van der Waals surface area (Å²) >= 11 is 3.68. The SMILES string of the molecule is CCCCCCCCC(=O)NC1CCCCC1Br. The van der Waals surface area contributed by atoms with Gasteiger partial charge in [-0.05, 0) is 19.3 Å². The van der Waals surface area contributed by atoms with E-state index in [1.54, 1.807) is 0 Å². The van der Waals surface area contributed by atoms with E-state index in [0.717, 1.165) is 12.8 Å². The Morgan fingerprint density at radius 1 is 1.11 bits per heavy atom. The lowest BCUT2D eigenvalue weighted by Crippen LogP contribution is -2.42. The minimum absolute atomic E-state index is 0.252. The first-order chi connectivity index (χ1) is 8.74. The Labute approximate surface area is 120 Å². The summed E-state index contributed by atoms with van der Waals surface area (Å²) in [7, 11) is 0. The highest BCUT2D eigenvalue weighted by Crippen LogP contribution is 2.24. The molecule has 1 aliphatic carbocycles. The third-order valence-corrected chi connectivity index (χ3v) is 4.88. The second kappa shape index (κ2) is 9.82. The van der Waals surface area contributed by atoms with Gasteiger partial charge in [0.2, 0.25) is 5.91 Å². The number of carbonyl (C=O) groups is 1. The van der Waals surface area contributed by atoms with Crippen LogP contribution < -0.4 is 5.32 Å². The monoisotopic (exact) mass is 317 g/mol. The number of nitrogens with one attached hydrogen (secondary N) is 1. The van der Waals surface area contributed by atoms with Crippen molar-refractivity contribution in [3.63, 3.8) is 0 Å². The molecule has 0 bridgehead atoms. The minimum atomic E-state index is 0.252. The third-order valence-electron chi connectivity index (χ3n) is 3.79. The standard InChI is InChI=1S/C15H28BrNO/c1-2-3-4-5-6-7-12-15(18)17-14-11-9-8-10-13(14)16/h13-14H,2-12H2,1H3,(H,17,18). The van der Waals surface area contributed by atoms with Crippen LogP contribution in [0.2, 0.25) is 0 Å². The first kappa shape index (κ1) is 16.0. The molecule has 0 heterocycles. The first-order valence-electron chi connectivity index (χ1n) is 7.67. The fraction of sp³-hybridized carbons (Fsp3) is 0.933. The van der Waals surface area contributed by atoms with E-state index in [-0.39, 0.29) is 5.91 Å². The Morgan fingerprint density at radius 2 is 1.78 bits per heavy atom. The maximum absolute atomic E-state index is 11.8. The average Bonchev–Trinajstić information content (AvgIpc) is 2.36. The quantitative estimate of drug-likeness (QED) is 0.516. The van der Waals surface area contributed by atoms with E-state index in [4.69, 9.17) is 0 Å². The summed E-state index contributed by atoms with van der Waals surface area (Å²) in [5, 5.41) is 3.18. The number of alkyl halides is 1. The Bertz CT molecular complexity index is 233. The molecule has 0 saturated heterocycles. The lowest BCUT2D eigenvalue weighted by Gasteiger charge is -2.28. The summed E-state index contributed by atoms with van der Waals surface area (Å²) in [6.07, 6.45) is 13.1. The molecule has 1 N–H and O–H groups in total. The van der Waals surface area contributed by atoms with E-state index in [1.165, 1.54) is 51.4 Å². The molecule has 18 heavy (non-hydrogen) atoms. The fourth-order valence-corrected chi connectivity index (χ4v) is 3.31. The van der Waals surface area contributed by atoms with Crippen molar-refractivity contribution in [1.82, 2.24) is 5.32 Å². The van der Waals surface area contributed by atoms with Crippen molar-refractivity contribution in [2.75, 3.05) is 0 Å². The van der Waals surface area contributed by atoms with Crippen LogP contribution in [0.4, 0.5) is 0 Å². The molecule has 1 aliphatic rings. The van der Waals surface area contributed by atoms with Crippen molar-refractivity contribution in [1.29, 1.82) is 0 Å². The van der Waals surface area contributed by atoms with Crippen LogP contribution in [0.5, 0.6) is 0 Å². The largest absolute Gasteiger partial charge is 0.352 e. The van der Waals surface area contributed by atoms with Crippen molar-refractivity contribution in [2.45, 2.75) is 88.4 Å². The molecule has 106 valence electrons. The first-order valence-corrected chi connectivity index (χ1v) is 8.59. The van der Waals surface area contributed by atoms with Crippen molar-refractivity contribution in [2.24, 2.45) is 0 Å². The number of hydrogen-bond donors (Lipinski definition) is 1. The summed E-state index contributed by atoms with van der Waals surface area (Å²) in [5.74, 6) is 0.252. The summed E-state index contributed by atoms with van der Waals surface area (Å²) in [6.45, 7) is 2.23. The molecule has 2 nitrogen and oxygen atoms in total. The predicted octanol–water partition coefficient (Wildman–Crippen LogP) is 4.56. The van der Waals surface area contributed by atoms with Gasteiger partial charge in [-0.3, -0.25) is 4.79 Å². The van der Waals surface area contributed by atoms with Crippen LogP contribution in [0, 0.1) is 0 Å². The molecule has 0 aromatic carbocycles. The van der Waals surface area contributed by atoms with Crippen LogP contribution in [-0.4, -0.2) is 16.8 Å². The highest BCUT2D eigenvalue weighted by molar-refractivity contribution is 9.09. The van der Waals surface area contributed by atoms with Crippen molar-refractivity contribution < 1.29 is 4.79 Å². The highest BCUT2D eigenvalue weighted by Gasteiger charge is 2.23. The van der Waals surface area contributed by atoms with Crippen LogP contribution in [0.3, 0.4) is 0 Å². The normalized spacial score (nSPS) is 23.9. The van der Waals surface area contributed by atoms with Crippen LogP contribution in [0.25, 0.3) is 0 Å². The van der Waals surface area contributed by atoms with Gasteiger partial charge in [0.25, 0.3) is 0 Å². The van der Waals surface area contributed by atoms with Gasteiger partial charge >= 0.3 is 0 Å². The van der Waals surface area contributed by atoms with E-state index in [9.17, 15) is 4.79 Å². The number of carbonyl (C=O) groups excluding carboxylic acids is 1. The Balaban J connectivity index is 2.02.